The van der Waals surface area contributed by atoms with Gasteiger partial charge >= 0.3 is 6.09 Å². The Morgan fingerprint density at radius 1 is 1.00 bits per heavy atom. The molecule has 1 fully saturated rings. The zero-order valence-electron chi connectivity index (χ0n) is 19.4. The Balaban J connectivity index is 1.21. The molecular formula is C26H29N3O6. The molecule has 0 saturated carbocycles. The van der Waals surface area contributed by atoms with E-state index in [2.05, 4.69) is 4.90 Å². The first-order chi connectivity index (χ1) is 17.0. The molecule has 3 heterocycles. The number of aromatic nitrogens is 1. The molecule has 3 aromatic rings. The number of piperidine rings is 1. The van der Waals surface area contributed by atoms with Crippen LogP contribution in [0.2, 0.25) is 0 Å². The van der Waals surface area contributed by atoms with Crippen molar-refractivity contribution in [2.24, 2.45) is 0 Å². The number of aromatic hydroxyl groups is 1. The van der Waals surface area contributed by atoms with Gasteiger partial charge in [0, 0.05) is 50.2 Å². The monoisotopic (exact) mass is 479 g/mol. The number of carbonyl (C=O) groups is 1. The number of benzene rings is 2. The molecule has 2 aliphatic heterocycles. The largest absolute Gasteiger partial charge is 0.507 e. The molecule has 0 atom stereocenters. The van der Waals surface area contributed by atoms with Crippen LogP contribution in [0.5, 0.6) is 17.2 Å². The van der Waals surface area contributed by atoms with Gasteiger partial charge in [0.25, 0.3) is 5.56 Å². The number of nitrogens with zero attached hydrogens (tertiary/aromatic N) is 3. The van der Waals surface area contributed by atoms with Crippen LogP contribution in [0.25, 0.3) is 10.9 Å². The molecular weight excluding hydrogens is 450 g/mol. The van der Waals surface area contributed by atoms with E-state index in [4.69, 9.17) is 9.47 Å². The molecule has 5 rings (SSSR count). The van der Waals surface area contributed by atoms with Crippen molar-refractivity contribution in [1.82, 2.24) is 14.4 Å². The molecule has 184 valence electrons. The van der Waals surface area contributed by atoms with E-state index in [1.807, 2.05) is 36.4 Å². The molecule has 9 nitrogen and oxygen atoms in total. The highest BCUT2D eigenvalue weighted by Gasteiger charge is 2.28. The first-order valence-corrected chi connectivity index (χ1v) is 11.9. The van der Waals surface area contributed by atoms with Crippen LogP contribution in [-0.2, 0) is 13.1 Å². The van der Waals surface area contributed by atoms with Gasteiger partial charge in [0.2, 0.25) is 0 Å². The standard InChI is InChI=1S/C26H29N3O6/c30-22-16-25(31)28(21-4-2-1-3-20(21)22)12-11-27-9-7-19(8-10-27)29(26(32)33)17-18-5-6-23-24(15-18)35-14-13-34-23/h1-6,15-16,19,30H,7-14,17H2,(H,32,33). The smallest absolute Gasteiger partial charge is 0.407 e. The minimum absolute atomic E-state index is 0.00515. The van der Waals surface area contributed by atoms with Crippen LogP contribution in [0.1, 0.15) is 18.4 Å². The number of rotatable bonds is 6. The summed E-state index contributed by atoms with van der Waals surface area (Å²) in [6.45, 7) is 3.99. The summed E-state index contributed by atoms with van der Waals surface area (Å²) in [5, 5.41) is 20.6. The Labute approximate surface area is 202 Å². The van der Waals surface area contributed by atoms with E-state index in [0.717, 1.165) is 31.5 Å². The molecule has 1 amide bonds. The molecule has 0 unspecified atom stereocenters. The maximum atomic E-state index is 12.5. The lowest BCUT2D eigenvalue weighted by Crippen LogP contribution is -2.47. The van der Waals surface area contributed by atoms with E-state index in [0.29, 0.717) is 55.2 Å². The number of para-hydroxylation sites is 1. The van der Waals surface area contributed by atoms with Gasteiger partial charge < -0.3 is 34.1 Å². The highest BCUT2D eigenvalue weighted by atomic mass is 16.6. The van der Waals surface area contributed by atoms with Crippen LogP contribution in [0, 0.1) is 0 Å². The van der Waals surface area contributed by atoms with Crippen LogP contribution in [0.15, 0.2) is 53.3 Å². The number of amides is 1. The summed E-state index contributed by atoms with van der Waals surface area (Å²) in [5.41, 5.74) is 1.36. The van der Waals surface area contributed by atoms with Crippen LogP contribution in [0.3, 0.4) is 0 Å². The van der Waals surface area contributed by atoms with Gasteiger partial charge in [-0.2, -0.15) is 0 Å². The Morgan fingerprint density at radius 3 is 2.51 bits per heavy atom. The lowest BCUT2D eigenvalue weighted by atomic mass is 10.0. The molecule has 0 bridgehead atoms. The van der Waals surface area contributed by atoms with Gasteiger partial charge in [-0.1, -0.05) is 18.2 Å². The van der Waals surface area contributed by atoms with Crippen molar-refractivity contribution < 1.29 is 24.5 Å². The van der Waals surface area contributed by atoms with Crippen LogP contribution < -0.4 is 15.0 Å². The summed E-state index contributed by atoms with van der Waals surface area (Å²) < 4.78 is 12.9. The van der Waals surface area contributed by atoms with Crippen molar-refractivity contribution in [3.8, 4) is 17.2 Å². The normalized spacial score (nSPS) is 16.3. The minimum Gasteiger partial charge on any atom is -0.507 e. The zero-order valence-corrected chi connectivity index (χ0v) is 19.4. The van der Waals surface area contributed by atoms with Gasteiger partial charge in [0.15, 0.2) is 11.5 Å². The van der Waals surface area contributed by atoms with Crippen molar-refractivity contribution in [3.05, 3.63) is 64.4 Å². The van der Waals surface area contributed by atoms with E-state index in [9.17, 15) is 19.8 Å². The average molecular weight is 480 g/mol. The van der Waals surface area contributed by atoms with Gasteiger partial charge in [0.1, 0.15) is 19.0 Å². The fourth-order valence-electron chi connectivity index (χ4n) is 4.98. The van der Waals surface area contributed by atoms with Gasteiger partial charge in [0.05, 0.1) is 5.52 Å². The average Bonchev–Trinajstić information content (AvgIpc) is 2.87. The fourth-order valence-corrected chi connectivity index (χ4v) is 4.98. The highest BCUT2D eigenvalue weighted by Crippen LogP contribution is 2.32. The molecule has 0 spiro atoms. The van der Waals surface area contributed by atoms with Crippen molar-refractivity contribution in [3.63, 3.8) is 0 Å². The van der Waals surface area contributed by atoms with Crippen molar-refractivity contribution in [2.75, 3.05) is 32.8 Å². The first-order valence-electron chi connectivity index (χ1n) is 11.9. The second-order valence-corrected chi connectivity index (χ2v) is 9.00. The van der Waals surface area contributed by atoms with E-state index in [-0.39, 0.29) is 17.4 Å². The van der Waals surface area contributed by atoms with Crippen LogP contribution in [0.4, 0.5) is 4.79 Å². The molecule has 2 N–H and O–H groups in total. The molecule has 2 aliphatic rings. The third-order valence-corrected chi connectivity index (χ3v) is 6.84. The molecule has 2 aromatic carbocycles. The van der Waals surface area contributed by atoms with Crippen LogP contribution >= 0.6 is 0 Å². The fraction of sp³-hybridized carbons (Fsp3) is 0.385. The van der Waals surface area contributed by atoms with Crippen molar-refractivity contribution >= 4 is 17.0 Å². The number of hydrogen-bond donors (Lipinski definition) is 2. The van der Waals surface area contributed by atoms with Crippen LogP contribution in [-0.4, -0.2) is 69.6 Å². The highest BCUT2D eigenvalue weighted by molar-refractivity contribution is 5.84. The number of ether oxygens (including phenoxy) is 2. The molecule has 1 aromatic heterocycles. The quantitative estimate of drug-likeness (QED) is 0.560. The minimum atomic E-state index is -0.930. The SMILES string of the molecule is O=C(O)N(Cc1ccc2c(c1)OCCO2)C1CCN(CCn2c(=O)cc(O)c3ccccc32)CC1. The summed E-state index contributed by atoms with van der Waals surface area (Å²) in [6, 6.07) is 14.1. The molecule has 0 aliphatic carbocycles. The number of fused-ring (bicyclic) bond motifs is 2. The summed E-state index contributed by atoms with van der Waals surface area (Å²) in [6.07, 6.45) is 0.518. The summed E-state index contributed by atoms with van der Waals surface area (Å²) in [4.78, 5) is 28.3. The van der Waals surface area contributed by atoms with Gasteiger partial charge in [-0.25, -0.2) is 4.79 Å². The maximum Gasteiger partial charge on any atom is 0.407 e. The maximum absolute atomic E-state index is 12.5. The first kappa shape index (κ1) is 23.0. The molecule has 0 radical (unpaired) electrons. The zero-order chi connectivity index (χ0) is 24.4. The Morgan fingerprint density at radius 2 is 1.74 bits per heavy atom. The second-order valence-electron chi connectivity index (χ2n) is 9.00. The summed E-state index contributed by atoms with van der Waals surface area (Å²) >= 11 is 0. The van der Waals surface area contributed by atoms with Crippen molar-refractivity contribution in [2.45, 2.75) is 32.0 Å². The third-order valence-electron chi connectivity index (χ3n) is 6.84. The number of hydrogen-bond acceptors (Lipinski definition) is 6. The summed E-state index contributed by atoms with van der Waals surface area (Å²) in [7, 11) is 0. The molecule has 35 heavy (non-hydrogen) atoms. The predicted octanol–water partition coefficient (Wildman–Crippen LogP) is 3.12. The van der Waals surface area contributed by atoms with Gasteiger partial charge in [-0.3, -0.25) is 4.79 Å². The molecule has 9 heteroatoms. The van der Waals surface area contributed by atoms with E-state index >= 15 is 0 Å². The van der Waals surface area contributed by atoms with E-state index in [1.165, 1.54) is 11.0 Å². The van der Waals surface area contributed by atoms with E-state index in [1.54, 1.807) is 10.6 Å². The Kier molecular flexibility index (Phi) is 6.50. The lowest BCUT2D eigenvalue weighted by molar-refractivity contribution is 0.0856. The van der Waals surface area contributed by atoms with Gasteiger partial charge in [-0.05, 0) is 42.7 Å². The van der Waals surface area contributed by atoms with E-state index < -0.39 is 6.09 Å². The number of pyridine rings is 1. The van der Waals surface area contributed by atoms with Crippen molar-refractivity contribution in [1.29, 1.82) is 0 Å². The Hall–Kier alpha value is -3.72. The lowest BCUT2D eigenvalue weighted by Gasteiger charge is -2.37. The number of likely N-dealkylation sites (tertiary alicyclic amines) is 1. The van der Waals surface area contributed by atoms with Gasteiger partial charge in [-0.15, -0.1) is 0 Å². The third kappa shape index (κ3) is 4.90. The summed E-state index contributed by atoms with van der Waals surface area (Å²) in [5.74, 6) is 1.34. The second kappa shape index (κ2) is 9.87. The number of carboxylic acid groups (broad SMARTS) is 1. The predicted molar refractivity (Wildman–Crippen MR) is 130 cm³/mol. The molecule has 1 saturated heterocycles. The topological polar surface area (TPSA) is 104 Å². The Bertz CT molecular complexity index is 1280.